The number of benzene rings is 7. The molecule has 3 heterocycles. The minimum atomic E-state index is -0.0171. The van der Waals surface area contributed by atoms with Gasteiger partial charge in [-0.3, -0.25) is 4.57 Å². The van der Waals surface area contributed by atoms with Crippen LogP contribution in [0, 0.1) is 0 Å². The van der Waals surface area contributed by atoms with Crippen LogP contribution in [0.4, 0.5) is 22.7 Å². The summed E-state index contributed by atoms with van der Waals surface area (Å²) in [6.07, 6.45) is 1.92. The third kappa shape index (κ3) is 7.84. The molecule has 0 aliphatic carbocycles. The Bertz CT molecular complexity index is 3200. The van der Waals surface area contributed by atoms with Crippen LogP contribution < -0.4 is 14.5 Å². The molecule has 0 bridgehead atoms. The van der Waals surface area contributed by atoms with Crippen LogP contribution in [0.25, 0.3) is 49.9 Å². The zero-order chi connectivity index (χ0) is 45.3. The Kier molecular flexibility index (Phi) is 10.2. The molecule has 0 amide bonds. The third-order valence-corrected chi connectivity index (χ3v) is 13.0. The maximum atomic E-state index is 6.81. The second-order valence-corrected chi connectivity index (χ2v) is 20.6. The Labute approximate surface area is 384 Å². The second kappa shape index (κ2) is 15.8. The Morgan fingerprint density at radius 1 is 0.446 bits per heavy atom. The fraction of sp³-hybridized carbons (Fsp3) is 0.217. The second-order valence-electron chi connectivity index (χ2n) is 20.6. The van der Waals surface area contributed by atoms with Gasteiger partial charge in [0.2, 0.25) is 0 Å². The van der Waals surface area contributed by atoms with Gasteiger partial charge >= 0.3 is 0 Å². The predicted molar refractivity (Wildman–Crippen MR) is 274 cm³/mol. The van der Waals surface area contributed by atoms with E-state index in [4.69, 9.17) is 9.72 Å². The van der Waals surface area contributed by atoms with Crippen LogP contribution in [-0.4, -0.2) is 16.2 Å². The van der Waals surface area contributed by atoms with Gasteiger partial charge in [-0.15, -0.1) is 0 Å². The van der Waals surface area contributed by atoms with Crippen LogP contribution in [0.5, 0.6) is 11.5 Å². The summed E-state index contributed by atoms with van der Waals surface area (Å²) in [5.74, 6) is 2.43. The highest BCUT2D eigenvalue weighted by Crippen LogP contribution is 2.51. The summed E-state index contributed by atoms with van der Waals surface area (Å²) in [6.45, 7) is 21.2. The Hall–Kier alpha value is -7.11. The van der Waals surface area contributed by atoms with E-state index in [1.807, 2.05) is 6.20 Å². The lowest BCUT2D eigenvalue weighted by Crippen LogP contribution is -2.25. The van der Waals surface area contributed by atoms with E-state index in [1.165, 1.54) is 50.0 Å². The zero-order valence-corrected chi connectivity index (χ0v) is 39.1. The molecule has 324 valence electrons. The number of hydrogen-bond acceptors (Lipinski definition) is 4. The largest absolute Gasteiger partial charge is 0.457 e. The topological polar surface area (TPSA) is 33.5 Å². The molecule has 0 atom stereocenters. The molecule has 0 fully saturated rings. The lowest BCUT2D eigenvalue weighted by Gasteiger charge is -2.29. The van der Waals surface area contributed by atoms with Crippen molar-refractivity contribution in [3.8, 4) is 39.6 Å². The van der Waals surface area contributed by atoms with Crippen LogP contribution in [0.15, 0.2) is 176 Å². The van der Waals surface area contributed by atoms with E-state index in [1.54, 1.807) is 0 Å². The number of pyridine rings is 1. The number of rotatable bonds is 7. The highest BCUT2D eigenvalue weighted by Gasteiger charge is 2.32. The summed E-state index contributed by atoms with van der Waals surface area (Å²) in [4.78, 5) is 9.82. The van der Waals surface area contributed by atoms with Gasteiger partial charge in [0, 0.05) is 45.9 Å². The fourth-order valence-electron chi connectivity index (χ4n) is 9.31. The molecule has 5 heteroatoms. The Morgan fingerprint density at radius 3 is 1.75 bits per heavy atom. The SMILES string of the molecule is CC(C)(C)c1cc(-c2cccc(-c3ccccc3)c2N2CN(c3cccc(Oc4ccc5c6ccccc6n(-c6cc(C(C)(C)C)ccn6)c5c4)c3)c3ccccc32)cc(C(C)(C)C)c1. The minimum absolute atomic E-state index is 0.00953. The van der Waals surface area contributed by atoms with Crippen molar-refractivity contribution >= 4 is 44.6 Å². The van der Waals surface area contributed by atoms with Gasteiger partial charge in [-0.25, -0.2) is 4.98 Å². The van der Waals surface area contributed by atoms with Crippen LogP contribution in [0.2, 0.25) is 0 Å². The molecule has 5 nitrogen and oxygen atoms in total. The maximum absolute atomic E-state index is 6.81. The molecule has 1 aliphatic rings. The summed E-state index contributed by atoms with van der Waals surface area (Å²) in [6, 6.07) is 61.5. The molecule has 1 aliphatic heterocycles. The molecule has 0 N–H and O–H groups in total. The fourth-order valence-corrected chi connectivity index (χ4v) is 9.31. The van der Waals surface area contributed by atoms with E-state index >= 15 is 0 Å². The van der Waals surface area contributed by atoms with Crippen molar-refractivity contribution in [1.82, 2.24) is 9.55 Å². The van der Waals surface area contributed by atoms with Crippen molar-refractivity contribution in [1.29, 1.82) is 0 Å². The van der Waals surface area contributed by atoms with Gasteiger partial charge in [0.15, 0.2) is 0 Å². The van der Waals surface area contributed by atoms with E-state index in [2.05, 4.69) is 247 Å². The summed E-state index contributed by atoms with van der Waals surface area (Å²) in [5.41, 5.74) is 15.4. The van der Waals surface area contributed by atoms with Crippen molar-refractivity contribution < 1.29 is 4.74 Å². The van der Waals surface area contributed by atoms with Gasteiger partial charge in [0.1, 0.15) is 24.0 Å². The van der Waals surface area contributed by atoms with Gasteiger partial charge in [-0.05, 0) is 98.7 Å². The van der Waals surface area contributed by atoms with Gasteiger partial charge in [-0.1, -0.05) is 165 Å². The normalized spacial score (nSPS) is 13.2. The number of nitrogens with zero attached hydrogens (tertiary/aromatic N) is 4. The summed E-state index contributed by atoms with van der Waals surface area (Å²) < 4.78 is 9.08. The molecular formula is C60H58N4O. The van der Waals surface area contributed by atoms with Gasteiger partial charge in [-0.2, -0.15) is 0 Å². The zero-order valence-electron chi connectivity index (χ0n) is 39.1. The highest BCUT2D eigenvalue weighted by molar-refractivity contribution is 6.09. The average Bonchev–Trinajstić information content (AvgIpc) is 3.84. The number of fused-ring (bicyclic) bond motifs is 4. The van der Waals surface area contributed by atoms with Crippen molar-refractivity contribution in [3.63, 3.8) is 0 Å². The maximum Gasteiger partial charge on any atom is 0.137 e. The van der Waals surface area contributed by atoms with Crippen LogP contribution >= 0.6 is 0 Å². The first kappa shape index (κ1) is 41.9. The first-order valence-electron chi connectivity index (χ1n) is 22.9. The van der Waals surface area contributed by atoms with Crippen molar-refractivity contribution in [2.75, 3.05) is 16.5 Å². The van der Waals surface area contributed by atoms with E-state index < -0.39 is 0 Å². The van der Waals surface area contributed by atoms with Crippen molar-refractivity contribution in [3.05, 3.63) is 193 Å². The van der Waals surface area contributed by atoms with E-state index in [-0.39, 0.29) is 16.2 Å². The number of anilines is 4. The number of para-hydroxylation sites is 4. The average molecular weight is 851 g/mol. The Balaban J connectivity index is 1.06. The molecule has 7 aromatic carbocycles. The minimum Gasteiger partial charge on any atom is -0.457 e. The molecule has 0 saturated carbocycles. The third-order valence-electron chi connectivity index (χ3n) is 13.0. The molecule has 65 heavy (non-hydrogen) atoms. The standard InChI is InChI=1S/C60H58N4O/c1-58(2,3)42-31-32-61-56(36-42)64-52-26-14-13-23-50(52)51-30-29-47(38-55(51)64)65-46-22-17-21-45(37-46)62-39-63(54-28-16-15-27-53(54)62)57-48(40-19-11-10-12-20-40)24-18-25-49(57)41-33-43(59(4,5)6)35-44(34-41)60(7,8)9/h10-38H,39H2,1-9H3. The lowest BCUT2D eigenvalue weighted by atomic mass is 9.78. The summed E-state index contributed by atoms with van der Waals surface area (Å²) in [7, 11) is 0. The van der Waals surface area contributed by atoms with Gasteiger partial charge in [0.25, 0.3) is 0 Å². The predicted octanol–water partition coefficient (Wildman–Crippen LogP) is 16.4. The quantitative estimate of drug-likeness (QED) is 0.160. The molecule has 0 unspecified atom stereocenters. The van der Waals surface area contributed by atoms with Gasteiger partial charge in [0.05, 0.1) is 28.1 Å². The molecule has 9 aromatic rings. The monoisotopic (exact) mass is 850 g/mol. The number of ether oxygens (including phenoxy) is 1. The van der Waals surface area contributed by atoms with Crippen LogP contribution in [0.3, 0.4) is 0 Å². The molecule has 0 saturated heterocycles. The van der Waals surface area contributed by atoms with Crippen molar-refractivity contribution in [2.45, 2.75) is 78.6 Å². The molecular weight excluding hydrogens is 793 g/mol. The first-order valence-corrected chi connectivity index (χ1v) is 22.9. The van der Waals surface area contributed by atoms with E-state index in [9.17, 15) is 0 Å². The first-order chi connectivity index (χ1) is 31.1. The Morgan fingerprint density at radius 2 is 1.05 bits per heavy atom. The number of aromatic nitrogens is 2. The molecule has 2 aromatic heterocycles. The molecule has 0 radical (unpaired) electrons. The van der Waals surface area contributed by atoms with E-state index in [0.29, 0.717) is 6.67 Å². The van der Waals surface area contributed by atoms with Crippen molar-refractivity contribution in [2.24, 2.45) is 0 Å². The van der Waals surface area contributed by atoms with Crippen LogP contribution in [-0.2, 0) is 16.2 Å². The van der Waals surface area contributed by atoms with Gasteiger partial charge < -0.3 is 14.5 Å². The highest BCUT2D eigenvalue weighted by atomic mass is 16.5. The molecule has 10 rings (SSSR count). The van der Waals surface area contributed by atoms with E-state index in [0.717, 1.165) is 50.8 Å². The smallest absolute Gasteiger partial charge is 0.137 e. The molecule has 0 spiro atoms. The number of hydrogen-bond donors (Lipinski definition) is 0. The lowest BCUT2D eigenvalue weighted by molar-refractivity contribution is 0.483. The van der Waals surface area contributed by atoms with Crippen LogP contribution in [0.1, 0.15) is 79.0 Å². The summed E-state index contributed by atoms with van der Waals surface area (Å²) in [5, 5.41) is 2.35. The summed E-state index contributed by atoms with van der Waals surface area (Å²) >= 11 is 0.